The van der Waals surface area contributed by atoms with Crippen LogP contribution in [-0.4, -0.2) is 52.2 Å². The molecule has 5 heteroatoms. The molecule has 0 spiro atoms. The molecular weight excluding hydrogens is 400 g/mol. The Bertz CT molecular complexity index is 1080. The highest BCUT2D eigenvalue weighted by Gasteiger charge is 2.34. The van der Waals surface area contributed by atoms with Crippen LogP contribution < -0.4 is 14.4 Å². The molecular formula is C27H28N2O3. The molecule has 0 atom stereocenters. The Morgan fingerprint density at radius 3 is 1.84 bits per heavy atom. The summed E-state index contributed by atoms with van der Waals surface area (Å²) in [6.07, 6.45) is 0. The van der Waals surface area contributed by atoms with Crippen molar-refractivity contribution in [2.45, 2.75) is 0 Å². The maximum atomic E-state index is 13.8. The molecule has 5 nitrogen and oxygen atoms in total. The maximum absolute atomic E-state index is 13.8. The molecule has 32 heavy (non-hydrogen) atoms. The molecule has 0 N–H and O–H groups in total. The number of methoxy groups -OCH3 is 2. The van der Waals surface area contributed by atoms with Crippen LogP contribution in [0.3, 0.4) is 0 Å². The smallest absolute Gasteiger partial charge is 0.259 e. The number of carbonyl (C=O) groups excluding carboxylic acids is 1. The first-order chi connectivity index (χ1) is 15.5. The second-order valence-electron chi connectivity index (χ2n) is 7.98. The third-order valence-electron chi connectivity index (χ3n) is 5.70. The van der Waals surface area contributed by atoms with Crippen molar-refractivity contribution in [3.63, 3.8) is 0 Å². The summed E-state index contributed by atoms with van der Waals surface area (Å²) >= 11 is 0. The van der Waals surface area contributed by atoms with Gasteiger partial charge in [-0.05, 0) is 55.6 Å². The van der Waals surface area contributed by atoms with Crippen molar-refractivity contribution in [2.24, 2.45) is 0 Å². The van der Waals surface area contributed by atoms with Crippen molar-refractivity contribution in [3.8, 4) is 11.5 Å². The second-order valence-corrected chi connectivity index (χ2v) is 7.98. The molecule has 1 aliphatic rings. The number of nitrogens with zero attached hydrogens (tertiary/aromatic N) is 2. The third kappa shape index (κ3) is 4.12. The first kappa shape index (κ1) is 21.7. The van der Waals surface area contributed by atoms with E-state index in [1.54, 1.807) is 14.2 Å². The van der Waals surface area contributed by atoms with Crippen molar-refractivity contribution in [1.82, 2.24) is 4.90 Å². The Morgan fingerprint density at radius 1 is 0.812 bits per heavy atom. The summed E-state index contributed by atoms with van der Waals surface area (Å²) in [6.45, 7) is 1.42. The van der Waals surface area contributed by atoms with Crippen LogP contribution >= 0.6 is 0 Å². The van der Waals surface area contributed by atoms with E-state index in [1.807, 2.05) is 91.8 Å². The van der Waals surface area contributed by atoms with Gasteiger partial charge in [-0.3, -0.25) is 4.79 Å². The van der Waals surface area contributed by atoms with Gasteiger partial charge in [-0.25, -0.2) is 0 Å². The molecule has 0 aliphatic carbocycles. The molecule has 1 heterocycles. The normalized spacial score (nSPS) is 12.8. The number of rotatable bonds is 7. The number of likely N-dealkylation sites (N-methyl/N-ethyl adjacent to an activating group) is 1. The Labute approximate surface area is 189 Å². The number of carbonyl (C=O) groups is 1. The first-order valence-corrected chi connectivity index (χ1v) is 10.6. The zero-order valence-corrected chi connectivity index (χ0v) is 19.0. The van der Waals surface area contributed by atoms with Crippen molar-refractivity contribution in [1.29, 1.82) is 0 Å². The quantitative estimate of drug-likeness (QED) is 0.517. The van der Waals surface area contributed by atoms with Crippen LogP contribution in [0.2, 0.25) is 0 Å². The van der Waals surface area contributed by atoms with Gasteiger partial charge in [-0.1, -0.05) is 42.5 Å². The van der Waals surface area contributed by atoms with Gasteiger partial charge in [0.1, 0.15) is 11.5 Å². The Kier molecular flexibility index (Phi) is 6.28. The summed E-state index contributed by atoms with van der Waals surface area (Å²) in [6, 6.07) is 23.7. The van der Waals surface area contributed by atoms with Crippen LogP contribution in [-0.2, 0) is 4.79 Å². The van der Waals surface area contributed by atoms with E-state index in [-0.39, 0.29) is 5.91 Å². The Morgan fingerprint density at radius 2 is 1.34 bits per heavy atom. The highest BCUT2D eigenvalue weighted by Crippen LogP contribution is 2.43. The number of benzene rings is 3. The molecule has 1 aliphatic heterocycles. The predicted molar refractivity (Wildman–Crippen MR) is 129 cm³/mol. The van der Waals surface area contributed by atoms with Crippen LogP contribution in [0.5, 0.6) is 11.5 Å². The molecule has 0 aromatic heterocycles. The van der Waals surface area contributed by atoms with E-state index >= 15 is 0 Å². The standard InChI is InChI=1S/C27H28N2O3/c1-28(2)17-18-29-24-8-6-5-7-23(24)26(27(29)30)25(19-9-13-21(31-3)14-10-19)20-11-15-22(32-4)16-12-20/h5-16H,17-18H2,1-4H3. The molecule has 0 unspecified atom stereocenters. The van der Waals surface area contributed by atoms with E-state index in [2.05, 4.69) is 4.90 Å². The minimum absolute atomic E-state index is 0.0229. The lowest BCUT2D eigenvalue weighted by molar-refractivity contribution is -0.113. The highest BCUT2D eigenvalue weighted by atomic mass is 16.5. The van der Waals surface area contributed by atoms with Gasteiger partial charge in [0.25, 0.3) is 5.91 Å². The summed E-state index contributed by atoms with van der Waals surface area (Å²) in [5, 5.41) is 0. The molecule has 0 saturated heterocycles. The van der Waals surface area contributed by atoms with Gasteiger partial charge in [0.15, 0.2) is 0 Å². The fraction of sp³-hybridized carbons (Fsp3) is 0.222. The number of ether oxygens (including phenoxy) is 2. The largest absolute Gasteiger partial charge is 0.497 e. The minimum Gasteiger partial charge on any atom is -0.497 e. The third-order valence-corrected chi connectivity index (χ3v) is 5.70. The number of anilines is 1. The van der Waals surface area contributed by atoms with Gasteiger partial charge >= 0.3 is 0 Å². The summed E-state index contributed by atoms with van der Waals surface area (Å²) in [4.78, 5) is 17.8. The van der Waals surface area contributed by atoms with Crippen molar-refractivity contribution in [3.05, 3.63) is 89.5 Å². The molecule has 0 bridgehead atoms. The molecule has 0 radical (unpaired) electrons. The van der Waals surface area contributed by atoms with Gasteiger partial charge < -0.3 is 19.3 Å². The molecule has 3 aromatic rings. The topological polar surface area (TPSA) is 42.0 Å². The zero-order chi connectivity index (χ0) is 22.7. The monoisotopic (exact) mass is 428 g/mol. The van der Waals surface area contributed by atoms with Gasteiger partial charge in [0.05, 0.1) is 25.5 Å². The summed E-state index contributed by atoms with van der Waals surface area (Å²) in [5.41, 5.74) is 5.45. The molecule has 1 amide bonds. The molecule has 3 aromatic carbocycles. The van der Waals surface area contributed by atoms with E-state index < -0.39 is 0 Å². The van der Waals surface area contributed by atoms with Gasteiger partial charge in [-0.15, -0.1) is 0 Å². The van der Waals surface area contributed by atoms with Crippen molar-refractivity contribution < 1.29 is 14.3 Å². The van der Waals surface area contributed by atoms with E-state index in [9.17, 15) is 4.79 Å². The number of para-hydroxylation sites is 1. The molecule has 0 fully saturated rings. The number of hydrogen-bond donors (Lipinski definition) is 0. The van der Waals surface area contributed by atoms with Crippen LogP contribution in [0, 0.1) is 0 Å². The summed E-state index contributed by atoms with van der Waals surface area (Å²) in [5.74, 6) is 1.58. The number of fused-ring (bicyclic) bond motifs is 1. The molecule has 164 valence electrons. The van der Waals surface area contributed by atoms with Crippen molar-refractivity contribution >= 4 is 22.7 Å². The lowest BCUT2D eigenvalue weighted by atomic mass is 9.90. The average Bonchev–Trinajstić information content (AvgIpc) is 3.10. The lowest BCUT2D eigenvalue weighted by Crippen LogP contribution is -2.33. The van der Waals surface area contributed by atoms with Gasteiger partial charge in [0, 0.05) is 24.2 Å². The summed E-state index contributed by atoms with van der Waals surface area (Å²) in [7, 11) is 7.33. The van der Waals surface area contributed by atoms with Crippen molar-refractivity contribution in [2.75, 3.05) is 46.3 Å². The zero-order valence-electron chi connectivity index (χ0n) is 19.0. The number of hydrogen-bond acceptors (Lipinski definition) is 4. The highest BCUT2D eigenvalue weighted by molar-refractivity contribution is 6.38. The summed E-state index contributed by atoms with van der Waals surface area (Å²) < 4.78 is 10.7. The molecule has 4 rings (SSSR count). The van der Waals surface area contributed by atoms with Gasteiger partial charge in [-0.2, -0.15) is 0 Å². The number of amides is 1. The first-order valence-electron chi connectivity index (χ1n) is 10.6. The van der Waals surface area contributed by atoms with Crippen LogP contribution in [0.15, 0.2) is 72.8 Å². The van der Waals surface area contributed by atoms with E-state index in [1.165, 1.54) is 0 Å². The van der Waals surface area contributed by atoms with Crippen LogP contribution in [0.4, 0.5) is 5.69 Å². The second kappa shape index (κ2) is 9.28. The fourth-order valence-electron chi connectivity index (χ4n) is 4.01. The molecule has 0 saturated carbocycles. The van der Waals surface area contributed by atoms with E-state index in [0.717, 1.165) is 51.6 Å². The lowest BCUT2D eigenvalue weighted by Gasteiger charge is -2.20. The maximum Gasteiger partial charge on any atom is 0.259 e. The average molecular weight is 429 g/mol. The van der Waals surface area contributed by atoms with Crippen LogP contribution in [0.1, 0.15) is 16.7 Å². The minimum atomic E-state index is 0.0229. The van der Waals surface area contributed by atoms with Crippen LogP contribution in [0.25, 0.3) is 11.1 Å². The Balaban J connectivity index is 1.93. The SMILES string of the molecule is COc1ccc(C(=C2C(=O)N(CCN(C)C)c3ccccc32)c2ccc(OC)cc2)cc1. The fourth-order valence-corrected chi connectivity index (χ4v) is 4.01. The van der Waals surface area contributed by atoms with E-state index in [0.29, 0.717) is 6.54 Å². The van der Waals surface area contributed by atoms with Gasteiger partial charge in [0.2, 0.25) is 0 Å². The van der Waals surface area contributed by atoms with E-state index in [4.69, 9.17) is 9.47 Å². The predicted octanol–water partition coefficient (Wildman–Crippen LogP) is 4.57. The Hall–Kier alpha value is -3.57.